The SMILES string of the molecule is Cc1c(-c2ccccc2)sc2cc(F)ccc12. The topological polar surface area (TPSA) is 0 Å². The van der Waals surface area contributed by atoms with Crippen LogP contribution in [0.5, 0.6) is 0 Å². The quantitative estimate of drug-likeness (QED) is 0.562. The summed E-state index contributed by atoms with van der Waals surface area (Å²) in [5.74, 6) is -0.168. The van der Waals surface area contributed by atoms with Crippen LogP contribution >= 0.6 is 11.3 Å². The van der Waals surface area contributed by atoms with E-state index < -0.39 is 0 Å². The lowest BCUT2D eigenvalue weighted by atomic mass is 10.1. The van der Waals surface area contributed by atoms with Crippen molar-refractivity contribution in [2.45, 2.75) is 6.92 Å². The number of hydrogen-bond acceptors (Lipinski definition) is 1. The van der Waals surface area contributed by atoms with Crippen LogP contribution < -0.4 is 0 Å². The standard InChI is InChI=1S/C15H11FS/c1-10-13-8-7-12(16)9-14(13)17-15(10)11-5-3-2-4-6-11/h2-9H,1H3. The fourth-order valence-electron chi connectivity index (χ4n) is 2.06. The predicted molar refractivity (Wildman–Crippen MR) is 72.0 cm³/mol. The molecule has 0 bridgehead atoms. The Morgan fingerprint density at radius 3 is 2.53 bits per heavy atom. The van der Waals surface area contributed by atoms with Crippen molar-refractivity contribution in [1.82, 2.24) is 0 Å². The van der Waals surface area contributed by atoms with Crippen LogP contribution in [0.15, 0.2) is 48.5 Å². The van der Waals surface area contributed by atoms with Crippen LogP contribution in [0.4, 0.5) is 4.39 Å². The van der Waals surface area contributed by atoms with Crippen LogP contribution in [0.3, 0.4) is 0 Å². The van der Waals surface area contributed by atoms with E-state index in [0.717, 1.165) is 10.1 Å². The minimum atomic E-state index is -0.168. The molecule has 2 heteroatoms. The average molecular weight is 242 g/mol. The van der Waals surface area contributed by atoms with E-state index in [-0.39, 0.29) is 5.82 Å². The molecule has 0 amide bonds. The fourth-order valence-corrected chi connectivity index (χ4v) is 3.30. The summed E-state index contributed by atoms with van der Waals surface area (Å²) in [6.45, 7) is 2.10. The van der Waals surface area contributed by atoms with Gasteiger partial charge in [-0.15, -0.1) is 11.3 Å². The third kappa shape index (κ3) is 1.75. The third-order valence-corrected chi connectivity index (χ3v) is 4.24. The number of fused-ring (bicyclic) bond motifs is 1. The van der Waals surface area contributed by atoms with Crippen molar-refractivity contribution < 1.29 is 4.39 Å². The molecule has 0 aliphatic rings. The van der Waals surface area contributed by atoms with Gasteiger partial charge in [0.2, 0.25) is 0 Å². The Hall–Kier alpha value is -1.67. The molecule has 1 aromatic heterocycles. The molecule has 84 valence electrons. The van der Waals surface area contributed by atoms with Crippen LogP contribution in [-0.2, 0) is 0 Å². The largest absolute Gasteiger partial charge is 0.207 e. The highest BCUT2D eigenvalue weighted by molar-refractivity contribution is 7.22. The van der Waals surface area contributed by atoms with Crippen molar-refractivity contribution >= 4 is 21.4 Å². The van der Waals surface area contributed by atoms with E-state index in [0.29, 0.717) is 0 Å². The number of thiophene rings is 1. The summed E-state index contributed by atoms with van der Waals surface area (Å²) < 4.78 is 14.2. The Balaban J connectivity index is 2.28. The minimum absolute atomic E-state index is 0.168. The first-order valence-electron chi connectivity index (χ1n) is 5.50. The summed E-state index contributed by atoms with van der Waals surface area (Å²) in [6, 6.07) is 15.2. The van der Waals surface area contributed by atoms with E-state index in [1.54, 1.807) is 17.4 Å². The zero-order valence-electron chi connectivity index (χ0n) is 9.41. The highest BCUT2D eigenvalue weighted by Gasteiger charge is 2.10. The molecule has 0 nitrogen and oxygen atoms in total. The molecule has 17 heavy (non-hydrogen) atoms. The molecule has 0 fully saturated rings. The maximum Gasteiger partial charge on any atom is 0.124 e. The second-order valence-electron chi connectivity index (χ2n) is 4.06. The molecule has 0 spiro atoms. The van der Waals surface area contributed by atoms with Crippen LogP contribution in [0.25, 0.3) is 20.5 Å². The van der Waals surface area contributed by atoms with Crippen LogP contribution in [0, 0.1) is 12.7 Å². The van der Waals surface area contributed by atoms with Gasteiger partial charge in [0.15, 0.2) is 0 Å². The van der Waals surface area contributed by atoms with Gasteiger partial charge in [0.25, 0.3) is 0 Å². The van der Waals surface area contributed by atoms with Crippen LogP contribution in [-0.4, -0.2) is 0 Å². The highest BCUT2D eigenvalue weighted by Crippen LogP contribution is 2.38. The first-order chi connectivity index (χ1) is 8.25. The monoisotopic (exact) mass is 242 g/mol. The van der Waals surface area contributed by atoms with Crippen LogP contribution in [0.2, 0.25) is 0 Å². The molecule has 0 aliphatic heterocycles. The average Bonchev–Trinajstić information content (AvgIpc) is 2.67. The van der Waals surface area contributed by atoms with E-state index in [9.17, 15) is 4.39 Å². The molecule has 0 saturated heterocycles. The molecule has 1 heterocycles. The summed E-state index contributed by atoms with van der Waals surface area (Å²) in [5, 5.41) is 1.15. The Morgan fingerprint density at radius 2 is 1.76 bits per heavy atom. The van der Waals surface area contributed by atoms with Gasteiger partial charge in [-0.3, -0.25) is 0 Å². The second kappa shape index (κ2) is 3.97. The molecule has 3 aromatic rings. The summed E-state index contributed by atoms with van der Waals surface area (Å²) in [6.07, 6.45) is 0. The lowest BCUT2D eigenvalue weighted by Gasteiger charge is -1.98. The zero-order chi connectivity index (χ0) is 11.8. The van der Waals surface area contributed by atoms with Crippen molar-refractivity contribution in [3.63, 3.8) is 0 Å². The summed E-state index contributed by atoms with van der Waals surface area (Å²) in [5.41, 5.74) is 2.43. The maximum absolute atomic E-state index is 13.2. The van der Waals surface area contributed by atoms with Gasteiger partial charge >= 0.3 is 0 Å². The summed E-state index contributed by atoms with van der Waals surface area (Å²) in [4.78, 5) is 1.23. The van der Waals surface area contributed by atoms with E-state index in [4.69, 9.17) is 0 Å². The molecule has 0 aliphatic carbocycles. The number of benzene rings is 2. The van der Waals surface area contributed by atoms with Gasteiger partial charge < -0.3 is 0 Å². The predicted octanol–water partition coefficient (Wildman–Crippen LogP) is 5.02. The summed E-state index contributed by atoms with van der Waals surface area (Å²) in [7, 11) is 0. The smallest absolute Gasteiger partial charge is 0.124 e. The van der Waals surface area contributed by atoms with E-state index in [1.807, 2.05) is 24.3 Å². The van der Waals surface area contributed by atoms with E-state index in [1.165, 1.54) is 22.1 Å². The van der Waals surface area contributed by atoms with Gasteiger partial charge in [-0.25, -0.2) is 4.39 Å². The third-order valence-electron chi connectivity index (χ3n) is 2.94. The van der Waals surface area contributed by atoms with E-state index >= 15 is 0 Å². The Labute approximate surface area is 103 Å². The van der Waals surface area contributed by atoms with Gasteiger partial charge in [-0.1, -0.05) is 36.4 Å². The van der Waals surface area contributed by atoms with Gasteiger partial charge in [0.05, 0.1) is 0 Å². The second-order valence-corrected chi connectivity index (χ2v) is 5.11. The van der Waals surface area contributed by atoms with Crippen LogP contribution in [0.1, 0.15) is 5.56 Å². The van der Waals surface area contributed by atoms with Crippen molar-refractivity contribution in [1.29, 1.82) is 0 Å². The Morgan fingerprint density at radius 1 is 1.00 bits per heavy atom. The molecular formula is C15H11FS. The van der Waals surface area contributed by atoms with Gasteiger partial charge in [-0.2, -0.15) is 0 Å². The minimum Gasteiger partial charge on any atom is -0.207 e. The lowest BCUT2D eigenvalue weighted by Crippen LogP contribution is -1.75. The molecule has 0 atom stereocenters. The molecule has 0 N–H and O–H groups in total. The van der Waals surface area contributed by atoms with E-state index in [2.05, 4.69) is 19.1 Å². The molecule has 3 rings (SSSR count). The fraction of sp³-hybridized carbons (Fsp3) is 0.0667. The number of hydrogen-bond donors (Lipinski definition) is 0. The first kappa shape index (κ1) is 10.5. The molecule has 0 saturated carbocycles. The number of rotatable bonds is 1. The molecule has 2 aromatic carbocycles. The highest BCUT2D eigenvalue weighted by atomic mass is 32.1. The normalized spacial score (nSPS) is 10.9. The molecular weight excluding hydrogens is 231 g/mol. The van der Waals surface area contributed by atoms with Gasteiger partial charge in [0.1, 0.15) is 5.82 Å². The van der Waals surface area contributed by atoms with Crippen molar-refractivity contribution in [2.75, 3.05) is 0 Å². The van der Waals surface area contributed by atoms with Gasteiger partial charge in [0, 0.05) is 9.58 Å². The first-order valence-corrected chi connectivity index (χ1v) is 6.31. The number of aryl methyl sites for hydroxylation is 1. The zero-order valence-corrected chi connectivity index (χ0v) is 10.2. The van der Waals surface area contributed by atoms with Crippen molar-refractivity contribution in [3.05, 3.63) is 59.9 Å². The Bertz CT molecular complexity index is 668. The van der Waals surface area contributed by atoms with Gasteiger partial charge in [-0.05, 0) is 35.6 Å². The number of halogens is 1. The maximum atomic E-state index is 13.2. The molecule has 0 unspecified atom stereocenters. The Kier molecular flexibility index (Phi) is 2.45. The summed E-state index contributed by atoms with van der Waals surface area (Å²) >= 11 is 1.65. The van der Waals surface area contributed by atoms with Crippen molar-refractivity contribution in [3.8, 4) is 10.4 Å². The lowest BCUT2D eigenvalue weighted by molar-refractivity contribution is 0.630. The molecule has 0 radical (unpaired) electrons. The van der Waals surface area contributed by atoms with Crippen molar-refractivity contribution in [2.24, 2.45) is 0 Å².